The van der Waals surface area contributed by atoms with Crippen LogP contribution in [0.3, 0.4) is 0 Å². The number of benzene rings is 2. The van der Waals surface area contributed by atoms with Gasteiger partial charge in [0.1, 0.15) is 18.1 Å². The molecule has 5 nitrogen and oxygen atoms in total. The van der Waals surface area contributed by atoms with Crippen molar-refractivity contribution in [3.63, 3.8) is 0 Å². The predicted molar refractivity (Wildman–Crippen MR) is 118 cm³/mol. The summed E-state index contributed by atoms with van der Waals surface area (Å²) in [5, 5.41) is 2.87. The molecule has 0 spiro atoms. The molecule has 5 heteroatoms. The zero-order valence-electron chi connectivity index (χ0n) is 17.0. The quantitative estimate of drug-likeness (QED) is 0.550. The second-order valence-corrected chi connectivity index (χ2v) is 6.93. The van der Waals surface area contributed by atoms with E-state index in [4.69, 9.17) is 4.74 Å². The number of nitrogens with zero attached hydrogens (tertiary/aromatic N) is 2. The molecule has 0 saturated heterocycles. The third kappa shape index (κ3) is 6.07. The van der Waals surface area contributed by atoms with Crippen LogP contribution >= 0.6 is 0 Å². The van der Waals surface area contributed by atoms with E-state index < -0.39 is 0 Å². The lowest BCUT2D eigenvalue weighted by Crippen LogP contribution is -2.19. The van der Waals surface area contributed by atoms with Crippen LogP contribution in [0.5, 0.6) is 5.75 Å². The molecule has 0 unspecified atom stereocenters. The van der Waals surface area contributed by atoms with E-state index in [1.807, 2.05) is 67.7 Å². The molecule has 0 aliphatic heterocycles. The first-order chi connectivity index (χ1) is 14.2. The Bertz CT molecular complexity index is 894. The fourth-order valence-electron chi connectivity index (χ4n) is 2.84. The van der Waals surface area contributed by atoms with Crippen LogP contribution in [0, 0.1) is 0 Å². The molecular formula is C24H27N3O2. The Labute approximate surface area is 172 Å². The second-order valence-electron chi connectivity index (χ2n) is 6.93. The van der Waals surface area contributed by atoms with Crippen molar-refractivity contribution in [2.45, 2.75) is 26.4 Å². The largest absolute Gasteiger partial charge is 0.489 e. The minimum Gasteiger partial charge on any atom is -0.489 e. The SMILES string of the molecule is CCCCN(C)c1ccc(C(=O)Nc2ccc(OCc3ccccc3)cc2)nc1. The zero-order chi connectivity index (χ0) is 20.5. The molecular weight excluding hydrogens is 362 g/mol. The fraction of sp³-hybridized carbons (Fsp3) is 0.250. The topological polar surface area (TPSA) is 54.5 Å². The van der Waals surface area contributed by atoms with Gasteiger partial charge >= 0.3 is 0 Å². The van der Waals surface area contributed by atoms with Crippen LogP contribution in [0.2, 0.25) is 0 Å². The molecule has 1 heterocycles. The number of carbonyl (C=O) groups is 1. The van der Waals surface area contributed by atoms with Crippen molar-refractivity contribution in [2.24, 2.45) is 0 Å². The predicted octanol–water partition coefficient (Wildman–Crippen LogP) is 5.15. The maximum atomic E-state index is 12.4. The van der Waals surface area contributed by atoms with Gasteiger partial charge in [0, 0.05) is 19.3 Å². The molecule has 0 radical (unpaired) electrons. The lowest BCUT2D eigenvalue weighted by Gasteiger charge is -2.18. The van der Waals surface area contributed by atoms with Crippen LogP contribution in [0.15, 0.2) is 72.9 Å². The molecule has 150 valence electrons. The standard InChI is InChI=1S/C24H27N3O2/c1-3-4-16-27(2)21-12-15-23(25-17-21)24(28)26-20-10-13-22(14-11-20)29-18-19-8-6-5-7-9-19/h5-15,17H,3-4,16,18H2,1-2H3,(H,26,28). The minimum absolute atomic E-state index is 0.231. The van der Waals surface area contributed by atoms with E-state index in [0.717, 1.165) is 36.4 Å². The summed E-state index contributed by atoms with van der Waals surface area (Å²) in [6, 6.07) is 21.0. The summed E-state index contributed by atoms with van der Waals surface area (Å²) < 4.78 is 5.77. The molecule has 3 rings (SSSR count). The van der Waals surface area contributed by atoms with E-state index in [-0.39, 0.29) is 5.91 Å². The molecule has 0 aliphatic carbocycles. The number of hydrogen-bond donors (Lipinski definition) is 1. The van der Waals surface area contributed by atoms with Gasteiger partial charge in [0.15, 0.2) is 0 Å². The van der Waals surface area contributed by atoms with Gasteiger partial charge in [-0.2, -0.15) is 0 Å². The van der Waals surface area contributed by atoms with E-state index in [1.165, 1.54) is 0 Å². The van der Waals surface area contributed by atoms with Crippen LogP contribution in [-0.4, -0.2) is 24.5 Å². The van der Waals surface area contributed by atoms with Crippen molar-refractivity contribution in [2.75, 3.05) is 23.8 Å². The smallest absolute Gasteiger partial charge is 0.274 e. The first kappa shape index (κ1) is 20.4. The Hall–Kier alpha value is -3.34. The van der Waals surface area contributed by atoms with Crippen molar-refractivity contribution < 1.29 is 9.53 Å². The minimum atomic E-state index is -0.231. The summed E-state index contributed by atoms with van der Waals surface area (Å²) in [6.07, 6.45) is 4.02. The Kier molecular flexibility index (Phi) is 7.22. The van der Waals surface area contributed by atoms with Crippen LogP contribution in [0.1, 0.15) is 35.8 Å². The number of ether oxygens (including phenoxy) is 1. The third-order valence-corrected chi connectivity index (χ3v) is 4.63. The van der Waals surface area contributed by atoms with Crippen molar-refractivity contribution in [3.8, 4) is 5.75 Å². The molecule has 0 atom stereocenters. The van der Waals surface area contributed by atoms with Gasteiger partial charge in [-0.25, -0.2) is 4.98 Å². The Morgan fingerprint density at radius 1 is 1.03 bits per heavy atom. The van der Waals surface area contributed by atoms with Crippen LogP contribution in [-0.2, 0) is 6.61 Å². The lowest BCUT2D eigenvalue weighted by atomic mass is 10.2. The molecule has 0 bridgehead atoms. The number of aromatic nitrogens is 1. The molecule has 0 aliphatic rings. The number of pyridine rings is 1. The van der Waals surface area contributed by atoms with Crippen molar-refractivity contribution >= 4 is 17.3 Å². The summed E-state index contributed by atoms with van der Waals surface area (Å²) in [5.74, 6) is 0.523. The first-order valence-corrected chi connectivity index (χ1v) is 9.91. The number of hydrogen-bond acceptors (Lipinski definition) is 4. The van der Waals surface area contributed by atoms with Crippen molar-refractivity contribution in [3.05, 3.63) is 84.2 Å². The highest BCUT2D eigenvalue weighted by Gasteiger charge is 2.09. The number of carbonyl (C=O) groups excluding carboxylic acids is 1. The van der Waals surface area contributed by atoms with Gasteiger partial charge in [0.25, 0.3) is 5.91 Å². The van der Waals surface area contributed by atoms with Gasteiger partial charge in [-0.15, -0.1) is 0 Å². The summed E-state index contributed by atoms with van der Waals surface area (Å²) in [5.41, 5.74) is 3.21. The second kappa shape index (κ2) is 10.3. The highest BCUT2D eigenvalue weighted by Crippen LogP contribution is 2.18. The molecule has 1 amide bonds. The first-order valence-electron chi connectivity index (χ1n) is 9.91. The molecule has 2 aromatic carbocycles. The summed E-state index contributed by atoms with van der Waals surface area (Å²) in [6.45, 7) is 3.65. The number of rotatable bonds is 9. The van der Waals surface area contributed by atoms with Crippen molar-refractivity contribution in [1.82, 2.24) is 4.98 Å². The van der Waals surface area contributed by atoms with E-state index in [9.17, 15) is 4.79 Å². The van der Waals surface area contributed by atoms with E-state index >= 15 is 0 Å². The van der Waals surface area contributed by atoms with Crippen LogP contribution in [0.4, 0.5) is 11.4 Å². The Morgan fingerprint density at radius 2 is 1.79 bits per heavy atom. The zero-order valence-corrected chi connectivity index (χ0v) is 17.0. The average molecular weight is 389 g/mol. The highest BCUT2D eigenvalue weighted by molar-refractivity contribution is 6.02. The summed E-state index contributed by atoms with van der Waals surface area (Å²) >= 11 is 0. The van der Waals surface area contributed by atoms with Gasteiger partial charge in [-0.1, -0.05) is 43.7 Å². The summed E-state index contributed by atoms with van der Waals surface area (Å²) in [4.78, 5) is 18.9. The molecule has 3 aromatic rings. The number of nitrogens with one attached hydrogen (secondary N) is 1. The van der Waals surface area contributed by atoms with E-state index in [2.05, 4.69) is 22.1 Å². The van der Waals surface area contributed by atoms with Crippen LogP contribution in [0.25, 0.3) is 0 Å². The van der Waals surface area contributed by atoms with Gasteiger partial charge in [0.05, 0.1) is 11.9 Å². The van der Waals surface area contributed by atoms with Gasteiger partial charge < -0.3 is 15.0 Å². The number of amides is 1. The fourth-order valence-corrected chi connectivity index (χ4v) is 2.84. The monoisotopic (exact) mass is 389 g/mol. The van der Waals surface area contributed by atoms with E-state index in [0.29, 0.717) is 18.0 Å². The van der Waals surface area contributed by atoms with E-state index in [1.54, 1.807) is 12.3 Å². The molecule has 29 heavy (non-hydrogen) atoms. The summed E-state index contributed by atoms with van der Waals surface area (Å²) in [7, 11) is 2.04. The average Bonchev–Trinajstić information content (AvgIpc) is 2.77. The van der Waals surface area contributed by atoms with Gasteiger partial charge in [-0.3, -0.25) is 4.79 Å². The molecule has 1 aromatic heterocycles. The Morgan fingerprint density at radius 3 is 2.45 bits per heavy atom. The normalized spacial score (nSPS) is 10.4. The third-order valence-electron chi connectivity index (χ3n) is 4.63. The number of unbranched alkanes of at least 4 members (excludes halogenated alkanes) is 1. The highest BCUT2D eigenvalue weighted by atomic mass is 16.5. The van der Waals surface area contributed by atoms with Gasteiger partial charge in [-0.05, 0) is 48.4 Å². The lowest BCUT2D eigenvalue weighted by molar-refractivity contribution is 0.102. The molecule has 0 saturated carbocycles. The molecule has 0 fully saturated rings. The van der Waals surface area contributed by atoms with Crippen molar-refractivity contribution in [1.29, 1.82) is 0 Å². The van der Waals surface area contributed by atoms with Crippen LogP contribution < -0.4 is 15.0 Å². The maximum absolute atomic E-state index is 12.4. The van der Waals surface area contributed by atoms with Gasteiger partial charge in [0.2, 0.25) is 0 Å². The molecule has 1 N–H and O–H groups in total. The maximum Gasteiger partial charge on any atom is 0.274 e. The number of anilines is 2. The Balaban J connectivity index is 1.53.